The van der Waals surface area contributed by atoms with Gasteiger partial charge in [-0.2, -0.15) is 0 Å². The maximum atomic E-state index is 8.29. The molecule has 0 atom stereocenters. The Morgan fingerprint density at radius 3 is 2.47 bits per heavy atom. The zero-order chi connectivity index (χ0) is 37.5. The van der Waals surface area contributed by atoms with E-state index in [1.807, 2.05) is 98.8 Å². The summed E-state index contributed by atoms with van der Waals surface area (Å²) in [6.07, 6.45) is 3.05. The van der Waals surface area contributed by atoms with Crippen molar-refractivity contribution in [1.29, 1.82) is 0 Å². The van der Waals surface area contributed by atoms with Gasteiger partial charge in [0.15, 0.2) is 0 Å². The van der Waals surface area contributed by atoms with E-state index in [1.54, 1.807) is 18.3 Å². The summed E-state index contributed by atoms with van der Waals surface area (Å²) in [5.41, 5.74) is 8.59. The molecular weight excluding hydrogens is 755 g/mol. The van der Waals surface area contributed by atoms with E-state index in [0.29, 0.717) is 16.8 Å². The van der Waals surface area contributed by atoms with E-state index in [4.69, 9.17) is 19.0 Å². The van der Waals surface area contributed by atoms with Crippen molar-refractivity contribution in [3.63, 3.8) is 0 Å². The number of aryl methyl sites for hydroxylation is 2. The van der Waals surface area contributed by atoms with Gasteiger partial charge >= 0.3 is 0 Å². The second kappa shape index (κ2) is 13.8. The van der Waals surface area contributed by atoms with Crippen LogP contribution in [0, 0.1) is 25.8 Å². The molecule has 8 aromatic rings. The first-order valence-corrected chi connectivity index (χ1v) is 14.8. The molecule has 233 valence electrons. The largest absolute Gasteiger partial charge is 0.499 e. The van der Waals surface area contributed by atoms with Crippen molar-refractivity contribution < 1.29 is 34.1 Å². The molecule has 4 heterocycles. The van der Waals surface area contributed by atoms with Gasteiger partial charge in [-0.1, -0.05) is 104 Å². The van der Waals surface area contributed by atoms with Gasteiger partial charge in [0.05, 0.1) is 16.6 Å². The number of fused-ring (bicyclic) bond motifs is 4. The summed E-state index contributed by atoms with van der Waals surface area (Å²) in [4.78, 5) is 13.5. The molecule has 0 fully saturated rings. The second-order valence-corrected chi connectivity index (χ2v) is 11.1. The molecule has 47 heavy (non-hydrogen) atoms. The minimum atomic E-state index is -2.27. The molecule has 0 amide bonds. The van der Waals surface area contributed by atoms with Crippen molar-refractivity contribution in [2.75, 3.05) is 0 Å². The Morgan fingerprint density at radius 2 is 1.68 bits per heavy atom. The van der Waals surface area contributed by atoms with E-state index in [-0.39, 0.29) is 31.2 Å². The zero-order valence-corrected chi connectivity index (χ0v) is 28.0. The van der Waals surface area contributed by atoms with Gasteiger partial charge < -0.3 is 14.4 Å². The van der Waals surface area contributed by atoms with Crippen LogP contribution in [-0.4, -0.2) is 15.0 Å². The summed E-state index contributed by atoms with van der Waals surface area (Å²) in [6, 6.07) is 39.5. The molecule has 4 aromatic carbocycles. The Balaban J connectivity index is 0.000000181. The van der Waals surface area contributed by atoms with Crippen LogP contribution in [0.2, 0.25) is 0 Å². The van der Waals surface area contributed by atoms with Crippen molar-refractivity contribution in [1.82, 2.24) is 15.0 Å². The van der Waals surface area contributed by atoms with E-state index in [9.17, 15) is 0 Å². The molecule has 0 aliphatic carbocycles. The van der Waals surface area contributed by atoms with Crippen LogP contribution < -0.4 is 0 Å². The number of rotatable bonds is 4. The molecule has 4 aromatic heterocycles. The Kier molecular flexibility index (Phi) is 7.12. The minimum Gasteiger partial charge on any atom is -0.499 e. The molecule has 0 aliphatic heterocycles. The van der Waals surface area contributed by atoms with Crippen LogP contribution in [-0.2, 0) is 20.1 Å². The Hall–Kier alpha value is -4.96. The summed E-state index contributed by atoms with van der Waals surface area (Å²) in [5.74, 6) is -0.696. The van der Waals surface area contributed by atoms with Gasteiger partial charge in [0.2, 0.25) is 0 Å². The standard InChI is InChI=1S/C23H17N2O.C19H16N.Ir/c1-14(2)15-10-11-24-20(12-15)17-7-5-8-18-22-21(26-23(17)18)13-16-6-3-4-9-19(16)25-22;1-14-8-11-19(20-13-14)17-10-9-15(2)18(12-17)16-6-4-3-5-7-16;/h3-6,8-14H,1-2H3;3-9,11-13H,1-2H3;/q2*-1;/i14D;1D3,2D3;. The summed E-state index contributed by atoms with van der Waals surface area (Å²) < 4.78 is 60.0. The van der Waals surface area contributed by atoms with Crippen LogP contribution >= 0.6 is 0 Å². The molecule has 0 bridgehead atoms. The molecule has 1 radical (unpaired) electrons. The number of hydrogen-bond donors (Lipinski definition) is 0. The van der Waals surface area contributed by atoms with Gasteiger partial charge in [0, 0.05) is 47.5 Å². The van der Waals surface area contributed by atoms with Gasteiger partial charge in [0.1, 0.15) is 5.58 Å². The normalized spacial score (nSPS) is 14.0. The monoisotopic (exact) mass is 795 g/mol. The molecule has 0 saturated carbocycles. The number of pyridine rings is 3. The van der Waals surface area contributed by atoms with Crippen LogP contribution in [0.15, 0.2) is 126 Å². The summed E-state index contributed by atoms with van der Waals surface area (Å²) in [7, 11) is 0. The molecular formula is C42H33IrN3O-2. The number of benzene rings is 4. The van der Waals surface area contributed by atoms with Gasteiger partial charge in [-0.15, -0.1) is 47.5 Å². The van der Waals surface area contributed by atoms with Crippen molar-refractivity contribution in [2.24, 2.45) is 0 Å². The third-order valence-corrected chi connectivity index (χ3v) is 7.77. The van der Waals surface area contributed by atoms with Gasteiger partial charge in [-0.25, -0.2) is 4.98 Å². The molecule has 0 unspecified atom stereocenters. The van der Waals surface area contributed by atoms with E-state index >= 15 is 0 Å². The zero-order valence-electron chi connectivity index (χ0n) is 32.6. The number of aromatic nitrogens is 3. The maximum absolute atomic E-state index is 8.29. The third kappa shape index (κ3) is 6.64. The van der Waals surface area contributed by atoms with Gasteiger partial charge in [-0.3, -0.25) is 0 Å². The fraction of sp³-hybridized carbons (Fsp3) is 0.119. The fourth-order valence-corrected chi connectivity index (χ4v) is 5.37. The first-order chi connectivity index (χ1) is 25.2. The molecule has 0 N–H and O–H groups in total. The Bertz CT molecular complexity index is 2580. The van der Waals surface area contributed by atoms with Gasteiger partial charge in [0.25, 0.3) is 0 Å². The minimum absolute atomic E-state index is 0. The van der Waals surface area contributed by atoms with Crippen LogP contribution in [0.3, 0.4) is 0 Å². The van der Waals surface area contributed by atoms with Crippen molar-refractivity contribution in [3.8, 4) is 33.6 Å². The average Bonchev–Trinajstić information content (AvgIpc) is 3.51. The second-order valence-electron chi connectivity index (χ2n) is 11.1. The predicted molar refractivity (Wildman–Crippen MR) is 189 cm³/mol. The Labute approximate surface area is 298 Å². The smallest absolute Gasteiger partial charge is 0.140 e. The van der Waals surface area contributed by atoms with Crippen molar-refractivity contribution >= 4 is 33.0 Å². The van der Waals surface area contributed by atoms with E-state index in [2.05, 4.69) is 22.1 Å². The van der Waals surface area contributed by atoms with Crippen LogP contribution in [0.5, 0.6) is 0 Å². The molecule has 0 saturated heterocycles. The van der Waals surface area contributed by atoms with E-state index < -0.39 is 19.6 Å². The maximum Gasteiger partial charge on any atom is 0.140 e. The van der Waals surface area contributed by atoms with Crippen molar-refractivity contribution in [2.45, 2.75) is 33.4 Å². The average molecular weight is 795 g/mol. The predicted octanol–water partition coefficient (Wildman–Crippen LogP) is 10.9. The third-order valence-electron chi connectivity index (χ3n) is 7.77. The number of furan rings is 1. The van der Waals surface area contributed by atoms with E-state index in [0.717, 1.165) is 55.4 Å². The Morgan fingerprint density at radius 1 is 0.830 bits per heavy atom. The first-order valence-electron chi connectivity index (χ1n) is 18.3. The topological polar surface area (TPSA) is 51.8 Å². The number of nitrogens with zero attached hydrogens (tertiary/aromatic N) is 3. The van der Waals surface area contributed by atoms with Crippen molar-refractivity contribution in [3.05, 3.63) is 150 Å². The summed E-state index contributed by atoms with van der Waals surface area (Å²) >= 11 is 0. The van der Waals surface area contributed by atoms with E-state index in [1.165, 1.54) is 18.3 Å². The molecule has 5 heteroatoms. The van der Waals surface area contributed by atoms with Gasteiger partial charge in [-0.05, 0) is 58.8 Å². The molecule has 0 aliphatic rings. The first kappa shape index (κ1) is 24.2. The SMILES string of the molecule is [2H]C(C)(C)c1ccnc(-c2[c-]ccc3c2oc2cc4ccccc4nc23)c1.[2H]C([2H])([2H])c1ccc(-c2[c-]cc(C([2H])([2H])[2H])c(-c3ccccc3)c2)nc1.[Ir]. The number of hydrogen-bond acceptors (Lipinski definition) is 4. The number of para-hydroxylation sites is 1. The molecule has 8 rings (SSSR count). The quantitative estimate of drug-likeness (QED) is 0.167. The summed E-state index contributed by atoms with van der Waals surface area (Å²) in [6.45, 7) is -0.742. The van der Waals surface area contributed by atoms with Crippen LogP contribution in [0.1, 0.15) is 46.0 Å². The summed E-state index contributed by atoms with van der Waals surface area (Å²) in [5, 5.41) is 1.99. The van der Waals surface area contributed by atoms with Crippen LogP contribution in [0.4, 0.5) is 0 Å². The molecule has 4 nitrogen and oxygen atoms in total. The molecule has 0 spiro atoms. The fourth-order valence-electron chi connectivity index (χ4n) is 5.37. The van der Waals surface area contributed by atoms with Crippen LogP contribution in [0.25, 0.3) is 66.6 Å².